The Morgan fingerprint density at radius 2 is 2.12 bits per heavy atom. The van der Waals surface area contributed by atoms with E-state index in [1.807, 2.05) is 29.6 Å². The molecule has 1 aliphatic rings. The molecule has 0 fully saturated rings. The zero-order valence-electron chi connectivity index (χ0n) is 13.0. The Morgan fingerprint density at radius 3 is 2.96 bits per heavy atom. The lowest BCUT2D eigenvalue weighted by molar-refractivity contribution is 0.0945. The van der Waals surface area contributed by atoms with Gasteiger partial charge in [0.1, 0.15) is 6.04 Å². The number of rotatable bonds is 4. The van der Waals surface area contributed by atoms with Crippen molar-refractivity contribution < 1.29 is 9.59 Å². The van der Waals surface area contributed by atoms with Crippen LogP contribution in [0.5, 0.6) is 0 Å². The maximum atomic E-state index is 12.3. The van der Waals surface area contributed by atoms with Crippen LogP contribution in [0.15, 0.2) is 58.1 Å². The first-order chi connectivity index (χ1) is 12.2. The number of hydrogen-bond acceptors (Lipinski definition) is 5. The Kier molecular flexibility index (Phi) is 3.95. The molecule has 1 unspecified atom stereocenters. The number of aromatic nitrogens is 2. The van der Waals surface area contributed by atoms with Crippen molar-refractivity contribution >= 4 is 23.2 Å². The first-order valence-corrected chi connectivity index (χ1v) is 8.52. The second kappa shape index (κ2) is 6.40. The number of benzene rings is 1. The molecule has 0 saturated heterocycles. The van der Waals surface area contributed by atoms with Crippen molar-refractivity contribution in [3.8, 4) is 10.6 Å². The van der Waals surface area contributed by atoms with Crippen molar-refractivity contribution in [3.05, 3.63) is 64.7 Å². The van der Waals surface area contributed by atoms with Crippen LogP contribution in [0.2, 0.25) is 0 Å². The molecule has 1 aromatic carbocycles. The SMILES string of the molecule is O=C(NCC1N=NC(=O)c2ccccc21)c1cc(-c2cccs2)[nH]n1. The topological polar surface area (TPSA) is 99.6 Å². The van der Waals surface area contributed by atoms with E-state index in [0.29, 0.717) is 11.3 Å². The second-order valence-electron chi connectivity index (χ2n) is 5.48. The van der Waals surface area contributed by atoms with Gasteiger partial charge in [-0.05, 0) is 29.1 Å². The highest BCUT2D eigenvalue weighted by molar-refractivity contribution is 7.13. The van der Waals surface area contributed by atoms with Crippen LogP contribution in [0.25, 0.3) is 10.6 Å². The van der Waals surface area contributed by atoms with Crippen molar-refractivity contribution in [3.63, 3.8) is 0 Å². The molecule has 0 radical (unpaired) electrons. The summed E-state index contributed by atoms with van der Waals surface area (Å²) in [7, 11) is 0. The van der Waals surface area contributed by atoms with Gasteiger partial charge in [-0.2, -0.15) is 10.2 Å². The lowest BCUT2D eigenvalue weighted by atomic mass is 9.99. The molecular weight excluding hydrogens is 338 g/mol. The van der Waals surface area contributed by atoms with E-state index in [4.69, 9.17) is 0 Å². The van der Waals surface area contributed by atoms with Gasteiger partial charge in [0, 0.05) is 12.1 Å². The van der Waals surface area contributed by atoms with Gasteiger partial charge in [-0.15, -0.1) is 16.5 Å². The number of aromatic amines is 1. The third kappa shape index (κ3) is 2.99. The van der Waals surface area contributed by atoms with E-state index >= 15 is 0 Å². The molecular formula is C17H13N5O2S. The summed E-state index contributed by atoms with van der Waals surface area (Å²) < 4.78 is 0. The number of carbonyl (C=O) groups is 2. The standard InChI is InChI=1S/C17H13N5O2S/c23-16-11-5-2-1-4-10(11)14(21-22-16)9-18-17(24)13-8-12(19-20-13)15-6-3-7-25-15/h1-8,14H,9H2,(H,18,24)(H,19,20). The number of carbonyl (C=O) groups excluding carboxylic acids is 2. The van der Waals surface area contributed by atoms with Gasteiger partial charge in [-0.3, -0.25) is 14.7 Å². The summed E-state index contributed by atoms with van der Waals surface area (Å²) in [5, 5.41) is 19.3. The molecule has 4 rings (SSSR count). The molecule has 0 spiro atoms. The molecule has 0 aliphatic carbocycles. The summed E-state index contributed by atoms with van der Waals surface area (Å²) in [6.45, 7) is 0.244. The van der Waals surface area contributed by atoms with Gasteiger partial charge in [0.15, 0.2) is 5.69 Å². The average molecular weight is 351 g/mol. The van der Waals surface area contributed by atoms with Crippen LogP contribution in [0.3, 0.4) is 0 Å². The fourth-order valence-electron chi connectivity index (χ4n) is 2.65. The molecule has 1 atom stereocenters. The van der Waals surface area contributed by atoms with E-state index < -0.39 is 0 Å². The van der Waals surface area contributed by atoms with Gasteiger partial charge >= 0.3 is 0 Å². The highest BCUT2D eigenvalue weighted by Crippen LogP contribution is 2.27. The fourth-order valence-corrected chi connectivity index (χ4v) is 3.34. The number of H-pyrrole nitrogens is 1. The lowest BCUT2D eigenvalue weighted by Crippen LogP contribution is -2.29. The smallest absolute Gasteiger partial charge is 0.295 e. The first-order valence-electron chi connectivity index (χ1n) is 7.64. The quantitative estimate of drug-likeness (QED) is 0.755. The summed E-state index contributed by atoms with van der Waals surface area (Å²) in [6.07, 6.45) is 0. The second-order valence-corrected chi connectivity index (χ2v) is 6.43. The Bertz CT molecular complexity index is 961. The average Bonchev–Trinajstić information content (AvgIpc) is 3.32. The first kappa shape index (κ1) is 15.4. The van der Waals surface area contributed by atoms with E-state index in [9.17, 15) is 9.59 Å². The highest BCUT2D eigenvalue weighted by Gasteiger charge is 2.24. The minimum Gasteiger partial charge on any atom is -0.348 e. The third-order valence-electron chi connectivity index (χ3n) is 3.89. The third-order valence-corrected chi connectivity index (χ3v) is 4.79. The number of azo groups is 1. The summed E-state index contributed by atoms with van der Waals surface area (Å²) in [6, 6.07) is 12.4. The Labute approximate surface area is 146 Å². The molecule has 3 heterocycles. The summed E-state index contributed by atoms with van der Waals surface area (Å²) in [5.41, 5.74) is 2.40. The molecule has 1 aliphatic heterocycles. The van der Waals surface area contributed by atoms with Crippen LogP contribution in [-0.2, 0) is 0 Å². The minimum atomic E-state index is -0.381. The molecule has 2 aromatic heterocycles. The highest BCUT2D eigenvalue weighted by atomic mass is 32.1. The fraction of sp³-hybridized carbons (Fsp3) is 0.118. The van der Waals surface area contributed by atoms with E-state index in [2.05, 4.69) is 25.7 Å². The van der Waals surface area contributed by atoms with Gasteiger partial charge in [-0.1, -0.05) is 24.3 Å². The maximum absolute atomic E-state index is 12.3. The molecule has 0 saturated carbocycles. The zero-order chi connectivity index (χ0) is 17.2. The molecule has 25 heavy (non-hydrogen) atoms. The Balaban J connectivity index is 1.46. The van der Waals surface area contributed by atoms with Gasteiger partial charge in [0.2, 0.25) is 0 Å². The van der Waals surface area contributed by atoms with Crippen LogP contribution in [0.1, 0.15) is 32.5 Å². The maximum Gasteiger partial charge on any atom is 0.295 e. The number of amides is 2. The molecule has 0 bridgehead atoms. The zero-order valence-corrected chi connectivity index (χ0v) is 13.8. The molecule has 2 N–H and O–H groups in total. The van der Waals surface area contributed by atoms with Crippen molar-refractivity contribution in [1.82, 2.24) is 15.5 Å². The van der Waals surface area contributed by atoms with Gasteiger partial charge in [0.25, 0.3) is 11.8 Å². The largest absolute Gasteiger partial charge is 0.348 e. The number of thiophene rings is 1. The monoisotopic (exact) mass is 351 g/mol. The van der Waals surface area contributed by atoms with Crippen LogP contribution >= 0.6 is 11.3 Å². The number of nitrogens with zero attached hydrogens (tertiary/aromatic N) is 3. The van der Waals surface area contributed by atoms with Crippen LogP contribution in [0, 0.1) is 0 Å². The van der Waals surface area contributed by atoms with Gasteiger partial charge < -0.3 is 5.32 Å². The Morgan fingerprint density at radius 1 is 1.24 bits per heavy atom. The predicted octanol–water partition coefficient (Wildman–Crippen LogP) is 3.22. The van der Waals surface area contributed by atoms with E-state index in [1.165, 1.54) is 0 Å². The number of nitrogens with one attached hydrogen (secondary N) is 2. The van der Waals surface area contributed by atoms with Crippen LogP contribution in [0.4, 0.5) is 0 Å². The Hall–Kier alpha value is -3.13. The summed E-state index contributed by atoms with van der Waals surface area (Å²) in [4.78, 5) is 25.1. The minimum absolute atomic E-state index is 0.244. The lowest BCUT2D eigenvalue weighted by Gasteiger charge is -2.18. The van der Waals surface area contributed by atoms with Crippen LogP contribution in [-0.4, -0.2) is 28.6 Å². The van der Waals surface area contributed by atoms with Crippen LogP contribution < -0.4 is 5.32 Å². The van der Waals surface area contributed by atoms with E-state index in [-0.39, 0.29) is 24.4 Å². The van der Waals surface area contributed by atoms with Crippen molar-refractivity contribution in [1.29, 1.82) is 0 Å². The van der Waals surface area contributed by atoms with Crippen molar-refractivity contribution in [2.24, 2.45) is 10.2 Å². The van der Waals surface area contributed by atoms with Crippen molar-refractivity contribution in [2.45, 2.75) is 6.04 Å². The molecule has 2 amide bonds. The normalized spacial score (nSPS) is 15.8. The predicted molar refractivity (Wildman–Crippen MR) is 92.6 cm³/mol. The summed E-state index contributed by atoms with van der Waals surface area (Å²) in [5.74, 6) is -0.658. The number of fused-ring (bicyclic) bond motifs is 1. The molecule has 8 heteroatoms. The molecule has 3 aromatic rings. The number of hydrogen-bond donors (Lipinski definition) is 2. The van der Waals surface area contributed by atoms with Gasteiger partial charge in [-0.25, -0.2) is 0 Å². The summed E-state index contributed by atoms with van der Waals surface area (Å²) >= 11 is 1.57. The molecule has 7 nitrogen and oxygen atoms in total. The van der Waals surface area contributed by atoms with Gasteiger partial charge in [0.05, 0.1) is 10.6 Å². The van der Waals surface area contributed by atoms with Crippen molar-refractivity contribution in [2.75, 3.05) is 6.54 Å². The van der Waals surface area contributed by atoms with E-state index in [0.717, 1.165) is 16.1 Å². The molecule has 124 valence electrons. The van der Waals surface area contributed by atoms with E-state index in [1.54, 1.807) is 29.5 Å².